The molecule has 0 bridgehead atoms. The normalized spacial score (nSPS) is 12.2. The van der Waals surface area contributed by atoms with Gasteiger partial charge in [0, 0.05) is 0 Å². The molecule has 0 aliphatic heterocycles. The van der Waals surface area contributed by atoms with Gasteiger partial charge in [0.1, 0.15) is 6.54 Å². The molecule has 0 aromatic rings. The van der Waals surface area contributed by atoms with Crippen LogP contribution in [-0.4, -0.2) is 33.6 Å². The first-order valence-corrected chi connectivity index (χ1v) is 15.2. The molecule has 0 aromatic heterocycles. The molecule has 27 heavy (non-hydrogen) atoms. The van der Waals surface area contributed by atoms with Crippen molar-refractivity contribution in [3.05, 3.63) is 0 Å². The first kappa shape index (κ1) is 29.6. The average molecular weight is 422 g/mol. The van der Waals surface area contributed by atoms with Crippen LogP contribution in [0.2, 0.25) is 19.6 Å². The lowest BCUT2D eigenvalue weighted by Gasteiger charge is -2.33. The van der Waals surface area contributed by atoms with Gasteiger partial charge >= 0.3 is 0 Å². The topological polar surface area (TPSA) is 9.23 Å². The summed E-state index contributed by atoms with van der Waals surface area (Å²) in [6.45, 7) is 10.3. The molecule has 0 aliphatic carbocycles. The summed E-state index contributed by atoms with van der Waals surface area (Å²) in [7, 11) is 2.99. The van der Waals surface area contributed by atoms with Crippen LogP contribution in [0.4, 0.5) is 0 Å². The summed E-state index contributed by atoms with van der Waals surface area (Å²) in [6, 6.07) is 0. The van der Waals surface area contributed by atoms with Gasteiger partial charge in [-0.15, -0.1) is 0 Å². The van der Waals surface area contributed by atoms with Crippen LogP contribution < -0.4 is 12.4 Å². The van der Waals surface area contributed by atoms with Gasteiger partial charge in [-0.2, -0.15) is 4.65 Å². The van der Waals surface area contributed by atoms with Crippen molar-refractivity contribution in [1.82, 2.24) is 0 Å². The van der Waals surface area contributed by atoms with E-state index in [0.29, 0.717) is 0 Å². The average Bonchev–Trinajstić information content (AvgIpc) is 2.52. The Morgan fingerprint density at radius 3 is 1.15 bits per heavy atom. The van der Waals surface area contributed by atoms with Gasteiger partial charge in [-0.25, -0.2) is 0 Å². The van der Waals surface area contributed by atoms with E-state index in [9.17, 15) is 0 Å². The Bertz CT molecular complexity index is 305. The molecule has 0 heterocycles. The van der Waals surface area contributed by atoms with Gasteiger partial charge in [0.15, 0.2) is 0 Å². The lowest BCUT2D eigenvalue weighted by Crippen LogP contribution is -3.00. The first-order chi connectivity index (χ1) is 12.3. The second-order valence-electron chi connectivity index (χ2n) is 9.80. The van der Waals surface area contributed by atoms with E-state index < -0.39 is 8.32 Å². The molecular formula is C23H52ClNOSi. The molecule has 0 aromatic carbocycles. The van der Waals surface area contributed by atoms with Crippen molar-refractivity contribution in [2.45, 2.75) is 129 Å². The summed E-state index contributed by atoms with van der Waals surface area (Å²) in [5.74, 6) is 0. The first-order valence-electron chi connectivity index (χ1n) is 11.8. The van der Waals surface area contributed by atoms with Crippen LogP contribution in [0.5, 0.6) is 0 Å². The number of rotatable bonds is 19. The standard InChI is InChI=1S/C23H52NOSi.ClH/c1-7-8-9-10-11-12-13-14-15-16-17-18-19-20-21-22-23-24(2,3)25-26(4,5)6;/h7-23H2,1-6H3;1H/q+1;/p-1. The minimum atomic E-state index is -1.43. The second-order valence-corrected chi connectivity index (χ2v) is 14.2. The lowest BCUT2D eigenvalue weighted by atomic mass is 10.0. The molecule has 0 N–H and O–H groups in total. The maximum Gasteiger partial charge on any atom is 0.262 e. The van der Waals surface area contributed by atoms with Crippen LogP contribution in [0.1, 0.15) is 110 Å². The van der Waals surface area contributed by atoms with Crippen LogP contribution in [0.3, 0.4) is 0 Å². The fraction of sp³-hybridized carbons (Fsp3) is 1.00. The molecule has 4 heteroatoms. The number of hydroxylamine groups is 3. The van der Waals surface area contributed by atoms with Gasteiger partial charge < -0.3 is 12.4 Å². The molecular weight excluding hydrogens is 370 g/mol. The molecule has 0 fully saturated rings. The van der Waals surface area contributed by atoms with Gasteiger partial charge in [-0.3, -0.25) is 4.53 Å². The summed E-state index contributed by atoms with van der Waals surface area (Å²) in [5, 5.41) is 0. The van der Waals surface area contributed by atoms with Crippen molar-refractivity contribution >= 4 is 8.32 Å². The number of hydrogen-bond donors (Lipinski definition) is 0. The highest BCUT2D eigenvalue weighted by molar-refractivity contribution is 6.69. The fourth-order valence-electron chi connectivity index (χ4n) is 3.83. The van der Waals surface area contributed by atoms with Crippen LogP contribution in [0.15, 0.2) is 0 Å². The van der Waals surface area contributed by atoms with Crippen molar-refractivity contribution in [2.24, 2.45) is 0 Å². The largest absolute Gasteiger partial charge is 1.00 e. The maximum absolute atomic E-state index is 6.23. The van der Waals surface area contributed by atoms with Gasteiger partial charge in [0.2, 0.25) is 0 Å². The molecule has 0 atom stereocenters. The zero-order valence-electron chi connectivity index (χ0n) is 19.8. The number of hydrogen-bond acceptors (Lipinski definition) is 1. The van der Waals surface area contributed by atoms with Gasteiger partial charge in [0.25, 0.3) is 8.32 Å². The molecule has 0 saturated carbocycles. The van der Waals surface area contributed by atoms with E-state index in [1.165, 1.54) is 103 Å². The van der Waals surface area contributed by atoms with Crippen LogP contribution >= 0.6 is 0 Å². The van der Waals surface area contributed by atoms with E-state index in [2.05, 4.69) is 40.7 Å². The maximum atomic E-state index is 6.23. The lowest BCUT2D eigenvalue weighted by molar-refractivity contribution is -1.06. The summed E-state index contributed by atoms with van der Waals surface area (Å²) in [6.07, 6.45) is 22.9. The monoisotopic (exact) mass is 421 g/mol. The summed E-state index contributed by atoms with van der Waals surface area (Å²) in [4.78, 5) is 0. The molecule has 0 saturated heterocycles. The Hall–Kier alpha value is 0.427. The molecule has 2 nitrogen and oxygen atoms in total. The SMILES string of the molecule is CCCCCCCCCCCCCCCCCC[N+](C)(C)O[Si](C)(C)C.[Cl-]. The molecule has 0 rings (SSSR count). The Labute approximate surface area is 179 Å². The van der Waals surface area contributed by atoms with Crippen molar-refractivity contribution in [3.8, 4) is 0 Å². The molecule has 166 valence electrons. The van der Waals surface area contributed by atoms with Gasteiger partial charge in [-0.05, 0) is 32.5 Å². The minimum absolute atomic E-state index is 0. The van der Waals surface area contributed by atoms with Crippen molar-refractivity contribution in [3.63, 3.8) is 0 Å². The Kier molecular flexibility index (Phi) is 20.3. The third-order valence-corrected chi connectivity index (χ3v) is 6.11. The Morgan fingerprint density at radius 1 is 0.556 bits per heavy atom. The summed E-state index contributed by atoms with van der Waals surface area (Å²) < 4.78 is 6.97. The van der Waals surface area contributed by atoms with E-state index >= 15 is 0 Å². The van der Waals surface area contributed by atoms with E-state index in [-0.39, 0.29) is 12.4 Å². The molecule has 0 spiro atoms. The van der Waals surface area contributed by atoms with Crippen LogP contribution in [0.25, 0.3) is 0 Å². The summed E-state index contributed by atoms with van der Waals surface area (Å²) in [5.41, 5.74) is 0. The predicted octanol–water partition coefficient (Wildman–Crippen LogP) is 5.09. The van der Waals surface area contributed by atoms with E-state index in [0.717, 1.165) is 11.2 Å². The Balaban J connectivity index is 0. The van der Waals surface area contributed by atoms with Gasteiger partial charge in [0.05, 0.1) is 14.1 Å². The third kappa shape index (κ3) is 24.4. The highest BCUT2D eigenvalue weighted by Crippen LogP contribution is 2.15. The number of halogens is 1. The van der Waals surface area contributed by atoms with E-state index in [1.54, 1.807) is 0 Å². The van der Waals surface area contributed by atoms with E-state index in [4.69, 9.17) is 4.53 Å². The second kappa shape index (κ2) is 18.5. The molecule has 0 amide bonds. The number of quaternary nitrogens is 1. The van der Waals surface area contributed by atoms with Crippen molar-refractivity contribution in [2.75, 3.05) is 20.6 Å². The van der Waals surface area contributed by atoms with Crippen LogP contribution in [-0.2, 0) is 4.53 Å². The van der Waals surface area contributed by atoms with Crippen molar-refractivity contribution < 1.29 is 21.6 Å². The fourth-order valence-corrected chi connectivity index (χ4v) is 5.40. The summed E-state index contributed by atoms with van der Waals surface area (Å²) >= 11 is 0. The highest BCUT2D eigenvalue weighted by Gasteiger charge is 2.27. The smallest absolute Gasteiger partial charge is 0.262 e. The molecule has 0 aliphatic rings. The predicted molar refractivity (Wildman–Crippen MR) is 121 cm³/mol. The van der Waals surface area contributed by atoms with Crippen LogP contribution in [0, 0.1) is 0 Å². The quantitative estimate of drug-likeness (QED) is 0.122. The zero-order valence-corrected chi connectivity index (χ0v) is 21.5. The highest BCUT2D eigenvalue weighted by atomic mass is 35.5. The van der Waals surface area contributed by atoms with Gasteiger partial charge in [-0.1, -0.05) is 96.8 Å². The molecule has 0 unspecified atom stereocenters. The third-order valence-electron chi connectivity index (χ3n) is 5.07. The molecule has 0 radical (unpaired) electrons. The van der Waals surface area contributed by atoms with E-state index in [1.807, 2.05) is 0 Å². The minimum Gasteiger partial charge on any atom is -1.00 e. The Morgan fingerprint density at radius 2 is 0.852 bits per heavy atom. The zero-order chi connectivity index (χ0) is 19.7. The number of unbranched alkanes of at least 4 members (excludes halogenated alkanes) is 15. The number of nitrogens with zero attached hydrogens (tertiary/aromatic N) is 1. The van der Waals surface area contributed by atoms with Crippen molar-refractivity contribution in [1.29, 1.82) is 0 Å².